The van der Waals surface area contributed by atoms with E-state index in [2.05, 4.69) is 0 Å². The highest BCUT2D eigenvalue weighted by Gasteiger charge is 2.05. The molecular weight excluding hydrogens is 290 g/mol. The van der Waals surface area contributed by atoms with Gasteiger partial charge in [-0.25, -0.2) is 8.78 Å². The number of hydrogen-bond acceptors (Lipinski definition) is 0. The van der Waals surface area contributed by atoms with Crippen molar-refractivity contribution >= 4 is 11.6 Å². The summed E-state index contributed by atoms with van der Waals surface area (Å²) >= 11 is 6.16. The Morgan fingerprint density at radius 1 is 0.524 bits per heavy atom. The number of halogens is 3. The summed E-state index contributed by atoms with van der Waals surface area (Å²) in [6.45, 7) is 0. The molecule has 3 rings (SSSR count). The minimum absolute atomic E-state index is 0.278. The Labute approximate surface area is 126 Å². The molecule has 0 saturated heterocycles. The molecule has 3 aromatic carbocycles. The Morgan fingerprint density at radius 2 is 0.905 bits per heavy atom. The lowest BCUT2D eigenvalue weighted by molar-refractivity contribution is 0.627. The minimum atomic E-state index is -0.278. The summed E-state index contributed by atoms with van der Waals surface area (Å²) in [4.78, 5) is 0. The fourth-order valence-electron chi connectivity index (χ4n) is 2.21. The van der Waals surface area contributed by atoms with Gasteiger partial charge in [0.15, 0.2) is 0 Å². The van der Waals surface area contributed by atoms with E-state index in [4.69, 9.17) is 11.6 Å². The molecule has 0 unspecified atom stereocenters. The first-order chi connectivity index (χ1) is 10.1. The maximum Gasteiger partial charge on any atom is 0.123 e. The van der Waals surface area contributed by atoms with Crippen LogP contribution < -0.4 is 0 Å². The molecule has 0 aromatic heterocycles. The first-order valence-electron chi connectivity index (χ1n) is 6.44. The van der Waals surface area contributed by atoms with Gasteiger partial charge in [0.2, 0.25) is 0 Å². The first-order valence-corrected chi connectivity index (χ1v) is 6.82. The van der Waals surface area contributed by atoms with E-state index in [0.29, 0.717) is 5.02 Å². The lowest BCUT2D eigenvalue weighted by atomic mass is 9.99. The van der Waals surface area contributed by atoms with Crippen molar-refractivity contribution in [1.82, 2.24) is 0 Å². The van der Waals surface area contributed by atoms with E-state index < -0.39 is 0 Å². The van der Waals surface area contributed by atoms with Gasteiger partial charge >= 0.3 is 0 Å². The molecule has 0 atom stereocenters. The zero-order valence-corrected chi connectivity index (χ0v) is 11.7. The summed E-state index contributed by atoms with van der Waals surface area (Å²) in [6, 6.07) is 18.1. The monoisotopic (exact) mass is 300 g/mol. The molecule has 21 heavy (non-hydrogen) atoms. The van der Waals surface area contributed by atoms with Crippen LogP contribution in [0.25, 0.3) is 22.3 Å². The van der Waals surface area contributed by atoms with Gasteiger partial charge in [0.05, 0.1) is 0 Å². The molecule has 0 nitrogen and oxygen atoms in total. The second-order valence-corrected chi connectivity index (χ2v) is 5.18. The van der Waals surface area contributed by atoms with Gasteiger partial charge in [-0.15, -0.1) is 0 Å². The highest BCUT2D eigenvalue weighted by atomic mass is 35.5. The Balaban J connectivity index is 2.07. The second-order valence-electron chi connectivity index (χ2n) is 4.74. The third-order valence-corrected chi connectivity index (χ3v) is 3.47. The smallest absolute Gasteiger partial charge is 0.123 e. The van der Waals surface area contributed by atoms with Crippen LogP contribution >= 0.6 is 11.6 Å². The van der Waals surface area contributed by atoms with Crippen molar-refractivity contribution in [2.75, 3.05) is 0 Å². The lowest BCUT2D eigenvalue weighted by Crippen LogP contribution is -1.84. The molecule has 0 N–H and O–H groups in total. The Bertz CT molecular complexity index is 698. The maximum atomic E-state index is 13.0. The van der Waals surface area contributed by atoms with Crippen LogP contribution in [0.5, 0.6) is 0 Å². The van der Waals surface area contributed by atoms with Crippen molar-refractivity contribution in [2.24, 2.45) is 0 Å². The largest absolute Gasteiger partial charge is 0.207 e. The summed E-state index contributed by atoms with van der Waals surface area (Å²) < 4.78 is 26.0. The molecule has 0 radical (unpaired) electrons. The van der Waals surface area contributed by atoms with Gasteiger partial charge in [-0.2, -0.15) is 0 Å². The van der Waals surface area contributed by atoms with E-state index in [1.54, 1.807) is 24.3 Å². The molecular formula is C18H11ClF2. The highest BCUT2D eigenvalue weighted by Crippen LogP contribution is 2.30. The number of rotatable bonds is 2. The van der Waals surface area contributed by atoms with Crippen LogP contribution in [0.1, 0.15) is 0 Å². The van der Waals surface area contributed by atoms with Crippen LogP contribution in [-0.2, 0) is 0 Å². The standard InChI is InChI=1S/C18H11ClF2/c19-16-10-14(12-1-5-17(20)6-2-12)9-15(11-16)13-3-7-18(21)8-4-13/h1-11H. The lowest BCUT2D eigenvalue weighted by Gasteiger charge is -2.08. The molecule has 0 fully saturated rings. The molecule has 0 aliphatic rings. The van der Waals surface area contributed by atoms with Crippen molar-refractivity contribution in [3.8, 4) is 22.3 Å². The highest BCUT2D eigenvalue weighted by molar-refractivity contribution is 6.31. The summed E-state index contributed by atoms with van der Waals surface area (Å²) in [5, 5.41) is 0.580. The van der Waals surface area contributed by atoms with E-state index in [1.807, 2.05) is 18.2 Å². The maximum absolute atomic E-state index is 13.0. The molecule has 3 heteroatoms. The Morgan fingerprint density at radius 3 is 1.29 bits per heavy atom. The average Bonchev–Trinajstić information content (AvgIpc) is 2.48. The van der Waals surface area contributed by atoms with Gasteiger partial charge in [-0.05, 0) is 64.7 Å². The SMILES string of the molecule is Fc1ccc(-c2cc(Cl)cc(-c3ccc(F)cc3)c2)cc1. The van der Waals surface area contributed by atoms with E-state index in [0.717, 1.165) is 22.3 Å². The molecule has 0 bridgehead atoms. The Kier molecular flexibility index (Phi) is 3.72. The summed E-state index contributed by atoms with van der Waals surface area (Å²) in [5.41, 5.74) is 3.54. The zero-order valence-electron chi connectivity index (χ0n) is 11.0. The van der Waals surface area contributed by atoms with Gasteiger partial charge in [-0.3, -0.25) is 0 Å². The molecule has 0 amide bonds. The third kappa shape index (κ3) is 3.11. The summed E-state index contributed by atoms with van der Waals surface area (Å²) in [5.74, 6) is -0.556. The van der Waals surface area contributed by atoms with Crippen LogP contribution in [0.3, 0.4) is 0 Å². The third-order valence-electron chi connectivity index (χ3n) is 3.25. The summed E-state index contributed by atoms with van der Waals surface area (Å²) in [7, 11) is 0. The molecule has 0 aliphatic carbocycles. The van der Waals surface area contributed by atoms with Crippen LogP contribution in [0.15, 0.2) is 66.7 Å². The predicted molar refractivity (Wildman–Crippen MR) is 82.2 cm³/mol. The topological polar surface area (TPSA) is 0 Å². The van der Waals surface area contributed by atoms with Crippen LogP contribution in [0, 0.1) is 11.6 Å². The normalized spacial score (nSPS) is 10.6. The molecule has 3 aromatic rings. The molecule has 0 heterocycles. The molecule has 104 valence electrons. The summed E-state index contributed by atoms with van der Waals surface area (Å²) in [6.07, 6.45) is 0. The van der Waals surface area contributed by atoms with Crippen LogP contribution in [0.2, 0.25) is 5.02 Å². The Hall–Kier alpha value is -2.19. The molecule has 0 saturated carbocycles. The van der Waals surface area contributed by atoms with E-state index >= 15 is 0 Å². The van der Waals surface area contributed by atoms with Gasteiger partial charge in [0, 0.05) is 5.02 Å². The number of hydrogen-bond donors (Lipinski definition) is 0. The number of benzene rings is 3. The average molecular weight is 301 g/mol. The van der Waals surface area contributed by atoms with Crippen LogP contribution in [0.4, 0.5) is 8.78 Å². The fourth-order valence-corrected chi connectivity index (χ4v) is 2.44. The molecule has 0 spiro atoms. The zero-order chi connectivity index (χ0) is 14.8. The predicted octanol–water partition coefficient (Wildman–Crippen LogP) is 5.95. The van der Waals surface area contributed by atoms with Gasteiger partial charge < -0.3 is 0 Å². The van der Waals surface area contributed by atoms with Crippen molar-refractivity contribution in [3.05, 3.63) is 83.4 Å². The second kappa shape index (κ2) is 5.66. The van der Waals surface area contributed by atoms with Crippen LogP contribution in [-0.4, -0.2) is 0 Å². The van der Waals surface area contributed by atoms with Crippen molar-refractivity contribution in [3.63, 3.8) is 0 Å². The van der Waals surface area contributed by atoms with Gasteiger partial charge in [0.25, 0.3) is 0 Å². The van der Waals surface area contributed by atoms with E-state index in [1.165, 1.54) is 24.3 Å². The quantitative estimate of drug-likeness (QED) is 0.548. The van der Waals surface area contributed by atoms with Gasteiger partial charge in [-0.1, -0.05) is 35.9 Å². The van der Waals surface area contributed by atoms with E-state index in [9.17, 15) is 8.78 Å². The van der Waals surface area contributed by atoms with Crippen molar-refractivity contribution < 1.29 is 8.78 Å². The fraction of sp³-hybridized carbons (Fsp3) is 0. The molecule has 0 aliphatic heterocycles. The minimum Gasteiger partial charge on any atom is -0.207 e. The first kappa shape index (κ1) is 13.8. The van der Waals surface area contributed by atoms with Crippen molar-refractivity contribution in [2.45, 2.75) is 0 Å². The van der Waals surface area contributed by atoms with Crippen molar-refractivity contribution in [1.29, 1.82) is 0 Å². The van der Waals surface area contributed by atoms with E-state index in [-0.39, 0.29) is 11.6 Å². The van der Waals surface area contributed by atoms with Gasteiger partial charge in [0.1, 0.15) is 11.6 Å².